The minimum absolute atomic E-state index is 0.0419. The molecule has 1 aromatic carbocycles. The molecule has 1 amide bonds. The third-order valence-corrected chi connectivity index (χ3v) is 4.37. The van der Waals surface area contributed by atoms with E-state index in [1.54, 1.807) is 19.2 Å². The molecule has 0 saturated carbocycles. The van der Waals surface area contributed by atoms with E-state index in [-0.39, 0.29) is 11.7 Å². The van der Waals surface area contributed by atoms with Crippen LogP contribution >= 0.6 is 0 Å². The van der Waals surface area contributed by atoms with Gasteiger partial charge in [0, 0.05) is 20.6 Å². The van der Waals surface area contributed by atoms with Crippen LogP contribution in [-0.4, -0.2) is 51.1 Å². The Labute approximate surface area is 136 Å². The van der Waals surface area contributed by atoms with Crippen LogP contribution < -0.4 is 10.2 Å². The van der Waals surface area contributed by atoms with Gasteiger partial charge in [-0.25, -0.2) is 4.39 Å². The van der Waals surface area contributed by atoms with Gasteiger partial charge in [-0.2, -0.15) is 5.26 Å². The second-order valence-electron chi connectivity index (χ2n) is 6.05. The molecule has 1 fully saturated rings. The minimum Gasteiger partial charge on any atom is -0.372 e. The van der Waals surface area contributed by atoms with Crippen LogP contribution in [0, 0.1) is 23.1 Å². The lowest BCUT2D eigenvalue weighted by molar-refractivity contribution is -0.122. The van der Waals surface area contributed by atoms with Crippen LogP contribution in [0.15, 0.2) is 18.2 Å². The number of hydrogen-bond acceptors (Lipinski definition) is 4. The third-order valence-electron chi connectivity index (χ3n) is 4.37. The SMILES string of the molecule is CNC(=O)CN1CCC(CN(C)c2ccc(C#N)cc2F)CC1. The van der Waals surface area contributed by atoms with Crippen LogP contribution in [-0.2, 0) is 4.79 Å². The van der Waals surface area contributed by atoms with Crippen molar-refractivity contribution in [2.24, 2.45) is 5.92 Å². The predicted octanol–water partition coefficient (Wildman–Crippen LogP) is 1.59. The van der Waals surface area contributed by atoms with E-state index < -0.39 is 0 Å². The zero-order chi connectivity index (χ0) is 16.8. The van der Waals surface area contributed by atoms with Gasteiger partial charge in [-0.1, -0.05) is 0 Å². The van der Waals surface area contributed by atoms with Crippen molar-refractivity contribution in [3.05, 3.63) is 29.6 Å². The number of amides is 1. The lowest BCUT2D eigenvalue weighted by atomic mass is 9.96. The lowest BCUT2D eigenvalue weighted by Crippen LogP contribution is -2.42. The normalized spacial score (nSPS) is 15.9. The summed E-state index contributed by atoms with van der Waals surface area (Å²) in [5.41, 5.74) is 0.860. The van der Waals surface area contributed by atoms with Gasteiger partial charge < -0.3 is 10.2 Å². The van der Waals surface area contributed by atoms with Crippen LogP contribution in [0.4, 0.5) is 10.1 Å². The molecule has 1 aliphatic rings. The highest BCUT2D eigenvalue weighted by atomic mass is 19.1. The molecule has 5 nitrogen and oxygen atoms in total. The molecule has 0 bridgehead atoms. The predicted molar refractivity (Wildman–Crippen MR) is 87.6 cm³/mol. The fourth-order valence-electron chi connectivity index (χ4n) is 2.98. The van der Waals surface area contributed by atoms with E-state index in [0.29, 0.717) is 23.7 Å². The Kier molecular flexibility index (Phi) is 5.94. The quantitative estimate of drug-likeness (QED) is 0.896. The molecule has 23 heavy (non-hydrogen) atoms. The van der Waals surface area contributed by atoms with Crippen LogP contribution in [0.5, 0.6) is 0 Å². The average molecular weight is 318 g/mol. The fraction of sp³-hybridized carbons (Fsp3) is 0.529. The summed E-state index contributed by atoms with van der Waals surface area (Å²) in [6.45, 7) is 3.00. The Morgan fingerprint density at radius 3 is 2.74 bits per heavy atom. The van der Waals surface area contributed by atoms with E-state index in [0.717, 1.165) is 32.5 Å². The molecule has 1 saturated heterocycles. The van der Waals surface area contributed by atoms with E-state index in [4.69, 9.17) is 5.26 Å². The van der Waals surface area contributed by atoms with Gasteiger partial charge in [-0.15, -0.1) is 0 Å². The number of likely N-dealkylation sites (N-methyl/N-ethyl adjacent to an activating group) is 1. The fourth-order valence-corrected chi connectivity index (χ4v) is 2.98. The Morgan fingerprint density at radius 1 is 1.48 bits per heavy atom. The first-order valence-electron chi connectivity index (χ1n) is 7.87. The lowest BCUT2D eigenvalue weighted by Gasteiger charge is -2.34. The van der Waals surface area contributed by atoms with Gasteiger partial charge in [-0.05, 0) is 50.0 Å². The zero-order valence-electron chi connectivity index (χ0n) is 13.7. The number of carbonyl (C=O) groups is 1. The van der Waals surface area contributed by atoms with Crippen molar-refractivity contribution in [3.63, 3.8) is 0 Å². The summed E-state index contributed by atoms with van der Waals surface area (Å²) >= 11 is 0. The van der Waals surface area contributed by atoms with Crippen LogP contribution in [0.25, 0.3) is 0 Å². The third kappa shape index (κ3) is 4.67. The highest BCUT2D eigenvalue weighted by Gasteiger charge is 2.22. The number of likely N-dealkylation sites (tertiary alicyclic amines) is 1. The van der Waals surface area contributed by atoms with Crippen molar-refractivity contribution >= 4 is 11.6 Å². The summed E-state index contributed by atoms with van der Waals surface area (Å²) in [6.07, 6.45) is 2.00. The molecule has 0 spiro atoms. The van der Waals surface area contributed by atoms with Crippen molar-refractivity contribution in [3.8, 4) is 6.07 Å². The van der Waals surface area contributed by atoms with Crippen LogP contribution in [0.2, 0.25) is 0 Å². The molecule has 1 N–H and O–H groups in total. The monoisotopic (exact) mass is 318 g/mol. The number of benzene rings is 1. The van der Waals surface area contributed by atoms with Crippen molar-refractivity contribution in [2.45, 2.75) is 12.8 Å². The molecule has 1 heterocycles. The zero-order valence-corrected chi connectivity index (χ0v) is 13.7. The number of hydrogen-bond donors (Lipinski definition) is 1. The van der Waals surface area contributed by atoms with Crippen molar-refractivity contribution in [2.75, 3.05) is 45.2 Å². The van der Waals surface area contributed by atoms with Crippen molar-refractivity contribution in [1.29, 1.82) is 5.26 Å². The van der Waals surface area contributed by atoms with E-state index in [1.165, 1.54) is 6.07 Å². The number of nitrogens with zero attached hydrogens (tertiary/aromatic N) is 3. The molecule has 1 aromatic rings. The average Bonchev–Trinajstić information content (AvgIpc) is 2.56. The molecular weight excluding hydrogens is 295 g/mol. The first-order chi connectivity index (χ1) is 11.0. The topological polar surface area (TPSA) is 59.4 Å². The number of carbonyl (C=O) groups excluding carboxylic acids is 1. The summed E-state index contributed by atoms with van der Waals surface area (Å²) in [5.74, 6) is 0.166. The van der Waals surface area contributed by atoms with Gasteiger partial charge in [0.15, 0.2) is 0 Å². The minimum atomic E-state index is -0.358. The summed E-state index contributed by atoms with van der Waals surface area (Å²) < 4.78 is 14.0. The summed E-state index contributed by atoms with van der Waals surface area (Å²) in [5, 5.41) is 11.4. The number of anilines is 1. The summed E-state index contributed by atoms with van der Waals surface area (Å²) in [4.78, 5) is 15.5. The molecule has 0 unspecified atom stereocenters. The Balaban J connectivity index is 1.86. The maximum absolute atomic E-state index is 14.0. The molecule has 1 aliphatic heterocycles. The van der Waals surface area contributed by atoms with E-state index in [1.807, 2.05) is 18.0 Å². The first-order valence-corrected chi connectivity index (χ1v) is 7.87. The molecular formula is C17H23FN4O. The van der Waals surface area contributed by atoms with Gasteiger partial charge >= 0.3 is 0 Å². The van der Waals surface area contributed by atoms with Crippen molar-refractivity contribution in [1.82, 2.24) is 10.2 Å². The summed E-state index contributed by atoms with van der Waals surface area (Å²) in [6, 6.07) is 6.52. The van der Waals surface area contributed by atoms with E-state index in [9.17, 15) is 9.18 Å². The number of nitrogens with one attached hydrogen (secondary N) is 1. The standard InChI is InChI=1S/C17H23FN4O/c1-20-17(23)12-22-7-5-13(6-8-22)11-21(2)16-4-3-14(10-19)9-15(16)18/h3-4,9,13H,5-8,11-12H2,1-2H3,(H,20,23). The van der Waals surface area contributed by atoms with Gasteiger partial charge in [0.25, 0.3) is 0 Å². The second kappa shape index (κ2) is 7.93. The second-order valence-corrected chi connectivity index (χ2v) is 6.05. The van der Waals surface area contributed by atoms with Crippen LogP contribution in [0.1, 0.15) is 18.4 Å². The molecule has 0 aromatic heterocycles. The maximum Gasteiger partial charge on any atom is 0.233 e. The van der Waals surface area contributed by atoms with Gasteiger partial charge in [0.2, 0.25) is 5.91 Å². The van der Waals surface area contributed by atoms with Crippen molar-refractivity contribution < 1.29 is 9.18 Å². The number of halogens is 1. The summed E-state index contributed by atoms with van der Waals surface area (Å²) in [7, 11) is 3.53. The molecule has 124 valence electrons. The number of nitriles is 1. The first kappa shape index (κ1) is 17.2. The van der Waals surface area contributed by atoms with Crippen LogP contribution in [0.3, 0.4) is 0 Å². The molecule has 0 atom stereocenters. The van der Waals surface area contributed by atoms with E-state index in [2.05, 4.69) is 10.2 Å². The highest BCUT2D eigenvalue weighted by molar-refractivity contribution is 5.77. The molecule has 0 radical (unpaired) electrons. The molecule has 2 rings (SSSR count). The Morgan fingerprint density at radius 2 is 2.17 bits per heavy atom. The Bertz CT molecular complexity index is 591. The van der Waals surface area contributed by atoms with Gasteiger partial charge in [-0.3, -0.25) is 9.69 Å². The Hall–Kier alpha value is -2.13. The number of piperidine rings is 1. The largest absolute Gasteiger partial charge is 0.372 e. The van der Waals surface area contributed by atoms with Gasteiger partial charge in [0.1, 0.15) is 5.82 Å². The number of rotatable bonds is 5. The molecule has 6 heteroatoms. The smallest absolute Gasteiger partial charge is 0.233 e. The molecule has 0 aliphatic carbocycles. The van der Waals surface area contributed by atoms with Gasteiger partial charge in [0.05, 0.1) is 23.9 Å². The maximum atomic E-state index is 14.0. The van der Waals surface area contributed by atoms with E-state index >= 15 is 0 Å². The highest BCUT2D eigenvalue weighted by Crippen LogP contribution is 2.23.